The Hall–Kier alpha value is -2.02. The fourth-order valence-electron chi connectivity index (χ4n) is 0.886. The molecule has 7 heteroatoms. The molecule has 84 valence electrons. The first-order chi connectivity index (χ1) is 7.59. The van der Waals surface area contributed by atoms with E-state index in [1.165, 1.54) is 0 Å². The molecule has 4 N–H and O–H groups in total. The highest BCUT2D eigenvalue weighted by atomic mass is 32.1. The fraction of sp³-hybridized carbons (Fsp3) is 0.111. The van der Waals surface area contributed by atoms with E-state index in [4.69, 9.17) is 0 Å². The lowest BCUT2D eigenvalue weighted by Crippen LogP contribution is -2.21. The topological polar surface area (TPSA) is 112 Å². The van der Waals surface area contributed by atoms with Crippen molar-refractivity contribution in [2.45, 2.75) is 6.42 Å². The van der Waals surface area contributed by atoms with Crippen LogP contribution in [0.25, 0.3) is 10.2 Å². The van der Waals surface area contributed by atoms with Gasteiger partial charge in [-0.15, -0.1) is 11.3 Å². The van der Waals surface area contributed by atoms with Crippen molar-refractivity contribution in [2.75, 3.05) is 0 Å². The zero-order valence-electron chi connectivity index (χ0n) is 8.29. The van der Waals surface area contributed by atoms with Gasteiger partial charge in [-0.2, -0.15) is 0 Å². The van der Waals surface area contributed by atoms with E-state index >= 15 is 0 Å². The van der Waals surface area contributed by atoms with Gasteiger partial charge in [-0.3, -0.25) is 9.59 Å². The number of hydrogen-bond acceptors (Lipinski definition) is 5. The molecule has 0 aliphatic heterocycles. The van der Waals surface area contributed by atoms with Gasteiger partial charge in [0.05, 0.1) is 10.2 Å². The first-order valence-corrected chi connectivity index (χ1v) is 5.17. The molecule has 0 aromatic carbocycles. The maximum atomic E-state index is 9.73. The van der Waals surface area contributed by atoms with Crippen LogP contribution < -0.4 is 11.5 Å². The Labute approximate surface area is 95.3 Å². The summed E-state index contributed by atoms with van der Waals surface area (Å²) in [7, 11) is 0. The largest absolute Gasteiger partial charge is 0.369 e. The van der Waals surface area contributed by atoms with Crippen LogP contribution >= 0.6 is 11.3 Å². The Morgan fingerprint density at radius 2 is 2.00 bits per heavy atom. The van der Waals surface area contributed by atoms with Gasteiger partial charge in [0.1, 0.15) is 12.7 Å². The van der Waals surface area contributed by atoms with Crippen molar-refractivity contribution in [1.82, 2.24) is 9.97 Å². The summed E-state index contributed by atoms with van der Waals surface area (Å²) >= 11 is 1.66. The normalized spacial score (nSPS) is 9.25. The van der Waals surface area contributed by atoms with Crippen molar-refractivity contribution in [3.05, 3.63) is 24.0 Å². The van der Waals surface area contributed by atoms with Crippen LogP contribution in [-0.4, -0.2) is 21.8 Å². The van der Waals surface area contributed by atoms with Crippen molar-refractivity contribution in [1.29, 1.82) is 0 Å². The lowest BCUT2D eigenvalue weighted by molar-refractivity contribution is -0.125. The first-order valence-electron chi connectivity index (χ1n) is 4.29. The van der Waals surface area contributed by atoms with Gasteiger partial charge < -0.3 is 11.5 Å². The van der Waals surface area contributed by atoms with Crippen molar-refractivity contribution in [3.63, 3.8) is 0 Å². The molecular weight excluding hydrogens is 228 g/mol. The first kappa shape index (κ1) is 12.1. The Balaban J connectivity index is 0.000000168. The average molecular weight is 238 g/mol. The van der Waals surface area contributed by atoms with Crippen LogP contribution in [0, 0.1) is 0 Å². The van der Waals surface area contributed by atoms with E-state index in [0.717, 1.165) is 10.2 Å². The van der Waals surface area contributed by atoms with Crippen molar-refractivity contribution in [3.8, 4) is 0 Å². The molecule has 0 atom stereocenters. The summed E-state index contributed by atoms with van der Waals surface area (Å²) in [5.74, 6) is -1.37. The number of aromatic nitrogens is 2. The highest BCUT2D eigenvalue weighted by Gasteiger charge is 1.96. The Morgan fingerprint density at radius 3 is 2.50 bits per heavy atom. The van der Waals surface area contributed by atoms with Gasteiger partial charge in [0.15, 0.2) is 0 Å². The summed E-state index contributed by atoms with van der Waals surface area (Å²) in [6, 6.07) is 1.99. The van der Waals surface area contributed by atoms with E-state index in [1.807, 2.05) is 17.6 Å². The summed E-state index contributed by atoms with van der Waals surface area (Å²) in [6.45, 7) is 0. The molecule has 0 saturated carbocycles. The van der Waals surface area contributed by atoms with E-state index in [1.54, 1.807) is 17.7 Å². The average Bonchev–Trinajstić information content (AvgIpc) is 2.63. The van der Waals surface area contributed by atoms with Crippen LogP contribution in [0.3, 0.4) is 0 Å². The Morgan fingerprint density at radius 1 is 1.31 bits per heavy atom. The lowest BCUT2D eigenvalue weighted by atomic mass is 10.4. The second kappa shape index (κ2) is 5.76. The Bertz CT molecular complexity index is 455. The summed E-state index contributed by atoms with van der Waals surface area (Å²) in [5, 5.41) is 2.01. The molecule has 2 rings (SSSR count). The molecule has 0 bridgehead atoms. The number of amides is 2. The number of nitrogens with two attached hydrogens (primary N) is 2. The van der Waals surface area contributed by atoms with E-state index in [2.05, 4.69) is 21.4 Å². The standard InChI is InChI=1S/C6H4N2S.C3H6N2O2/c1-2-9-6-3-7-4-8-5(1)6;4-2(6)1-3(5)7/h1-4H;1H2,(H2,4,6)(H2,5,7). The van der Waals surface area contributed by atoms with Gasteiger partial charge in [-0.25, -0.2) is 9.97 Å². The number of carbonyl (C=O) groups is 2. The number of nitrogens with zero attached hydrogens (tertiary/aromatic N) is 2. The van der Waals surface area contributed by atoms with Crippen LogP contribution in [-0.2, 0) is 9.59 Å². The van der Waals surface area contributed by atoms with E-state index in [-0.39, 0.29) is 6.42 Å². The van der Waals surface area contributed by atoms with Gasteiger partial charge in [-0.1, -0.05) is 0 Å². The minimum atomic E-state index is -0.687. The van der Waals surface area contributed by atoms with Gasteiger partial charge in [-0.05, 0) is 11.4 Å². The molecule has 2 heterocycles. The van der Waals surface area contributed by atoms with Crippen LogP contribution in [0.1, 0.15) is 6.42 Å². The molecule has 0 aliphatic carbocycles. The third-order valence-corrected chi connectivity index (χ3v) is 2.32. The SMILES string of the molecule is NC(=O)CC(N)=O.c1ncc2sccc2n1. The summed E-state index contributed by atoms with van der Waals surface area (Å²) in [5.41, 5.74) is 10.1. The molecule has 0 aliphatic rings. The van der Waals surface area contributed by atoms with Crippen molar-refractivity contribution in [2.24, 2.45) is 11.5 Å². The molecule has 0 unspecified atom stereocenters. The van der Waals surface area contributed by atoms with Gasteiger partial charge in [0.25, 0.3) is 0 Å². The van der Waals surface area contributed by atoms with E-state index in [0.29, 0.717) is 0 Å². The number of hydrogen-bond donors (Lipinski definition) is 2. The fourth-order valence-corrected chi connectivity index (χ4v) is 1.59. The molecule has 0 fully saturated rings. The van der Waals surface area contributed by atoms with E-state index < -0.39 is 11.8 Å². The molecule has 2 amide bonds. The van der Waals surface area contributed by atoms with Gasteiger partial charge >= 0.3 is 0 Å². The van der Waals surface area contributed by atoms with Crippen LogP contribution in [0.4, 0.5) is 0 Å². The summed E-state index contributed by atoms with van der Waals surface area (Å²) in [4.78, 5) is 27.4. The zero-order chi connectivity index (χ0) is 12.0. The maximum absolute atomic E-state index is 9.73. The van der Waals surface area contributed by atoms with Crippen LogP contribution in [0.15, 0.2) is 24.0 Å². The number of thiophene rings is 1. The Kier molecular flexibility index (Phi) is 4.34. The molecular formula is C9H10N4O2S. The minimum Gasteiger partial charge on any atom is -0.369 e. The van der Waals surface area contributed by atoms with Gasteiger partial charge in [0, 0.05) is 6.20 Å². The van der Waals surface area contributed by atoms with Gasteiger partial charge in [0.2, 0.25) is 11.8 Å². The molecule has 0 spiro atoms. The maximum Gasteiger partial charge on any atom is 0.226 e. The number of fused-ring (bicyclic) bond motifs is 1. The molecule has 16 heavy (non-hydrogen) atoms. The summed E-state index contributed by atoms with van der Waals surface area (Å²) in [6.07, 6.45) is 3.03. The smallest absolute Gasteiger partial charge is 0.226 e. The molecule has 6 nitrogen and oxygen atoms in total. The minimum absolute atomic E-state index is 0.361. The predicted molar refractivity (Wildman–Crippen MR) is 60.4 cm³/mol. The molecule has 0 saturated heterocycles. The third kappa shape index (κ3) is 4.01. The number of carbonyl (C=O) groups excluding carboxylic acids is 2. The predicted octanol–water partition coefficient (Wildman–Crippen LogP) is 0.0384. The highest BCUT2D eigenvalue weighted by Crippen LogP contribution is 2.15. The molecule has 2 aromatic heterocycles. The van der Waals surface area contributed by atoms with Crippen molar-refractivity contribution >= 4 is 33.4 Å². The van der Waals surface area contributed by atoms with E-state index in [9.17, 15) is 9.59 Å². The van der Waals surface area contributed by atoms with Crippen LogP contribution in [0.2, 0.25) is 0 Å². The van der Waals surface area contributed by atoms with Crippen molar-refractivity contribution < 1.29 is 9.59 Å². The zero-order valence-corrected chi connectivity index (χ0v) is 9.11. The molecule has 2 aromatic rings. The second-order valence-corrected chi connectivity index (χ2v) is 3.75. The quantitative estimate of drug-likeness (QED) is 0.719. The van der Waals surface area contributed by atoms with Crippen LogP contribution in [0.5, 0.6) is 0 Å². The monoisotopic (exact) mass is 238 g/mol. The number of primary amides is 2. The third-order valence-electron chi connectivity index (χ3n) is 1.48. The molecule has 0 radical (unpaired) electrons. The highest BCUT2D eigenvalue weighted by molar-refractivity contribution is 7.17. The summed E-state index contributed by atoms with van der Waals surface area (Å²) < 4.78 is 1.15. The lowest BCUT2D eigenvalue weighted by Gasteiger charge is -1.82. The number of rotatable bonds is 2. The second-order valence-electron chi connectivity index (χ2n) is 2.80.